The molecule has 0 unspecified atom stereocenters. The minimum absolute atomic E-state index is 0.0290. The van der Waals surface area contributed by atoms with Crippen LogP contribution in [0.2, 0.25) is 0 Å². The van der Waals surface area contributed by atoms with Gasteiger partial charge in [-0.3, -0.25) is 0 Å². The molecule has 2 aliphatic carbocycles. The van der Waals surface area contributed by atoms with Crippen LogP contribution in [0.4, 0.5) is 0 Å². The van der Waals surface area contributed by atoms with E-state index in [1.165, 1.54) is 12.8 Å². The highest BCUT2D eigenvalue weighted by Gasteiger charge is 2.46. The summed E-state index contributed by atoms with van der Waals surface area (Å²) in [5.41, 5.74) is 0. The Morgan fingerprint density at radius 1 is 1.40 bits per heavy atom. The number of hydrogen-bond acceptors (Lipinski definition) is 1. The van der Waals surface area contributed by atoms with Crippen molar-refractivity contribution in [3.8, 4) is 0 Å². The summed E-state index contributed by atoms with van der Waals surface area (Å²) in [5.74, 6) is 2.25. The van der Waals surface area contributed by atoms with Gasteiger partial charge in [-0.15, -0.1) is 0 Å². The van der Waals surface area contributed by atoms with Crippen molar-refractivity contribution in [2.75, 3.05) is 5.33 Å². The maximum Gasteiger partial charge on any atom is 0.0574 e. The minimum atomic E-state index is 0.0290. The number of aliphatic hydroxyl groups is 1. The lowest BCUT2D eigenvalue weighted by atomic mass is 9.98. The highest BCUT2D eigenvalue weighted by molar-refractivity contribution is 9.09. The molecule has 0 aliphatic heterocycles. The third-order valence-corrected chi connectivity index (χ3v) is 3.99. The van der Waals surface area contributed by atoms with Gasteiger partial charge in [0.25, 0.3) is 0 Å². The lowest BCUT2D eigenvalue weighted by Gasteiger charge is -2.15. The van der Waals surface area contributed by atoms with Crippen molar-refractivity contribution < 1.29 is 5.11 Å². The summed E-state index contributed by atoms with van der Waals surface area (Å²) in [6, 6.07) is 0. The maximum atomic E-state index is 9.50. The third-order valence-electron chi connectivity index (χ3n) is 3.24. The molecular weight excluding hydrogens is 192 g/mol. The molecule has 0 aromatic heterocycles. The molecule has 2 fully saturated rings. The van der Waals surface area contributed by atoms with Crippen LogP contribution in [-0.2, 0) is 0 Å². The van der Waals surface area contributed by atoms with Gasteiger partial charge in [-0.2, -0.15) is 0 Å². The van der Waals surface area contributed by atoms with E-state index in [1.807, 2.05) is 0 Å². The highest BCUT2D eigenvalue weighted by Crippen LogP contribution is 2.49. The molecule has 2 bridgehead atoms. The van der Waals surface area contributed by atoms with E-state index < -0.39 is 0 Å². The van der Waals surface area contributed by atoms with Gasteiger partial charge in [0.2, 0.25) is 0 Å². The molecular formula is C8H13BrO. The van der Waals surface area contributed by atoms with Gasteiger partial charge in [0, 0.05) is 5.33 Å². The second-order valence-corrected chi connectivity index (χ2v) is 4.27. The Morgan fingerprint density at radius 3 is 2.50 bits per heavy atom. The SMILES string of the molecule is O[C@H]1C[C@@H]2CC[C@H]1[C@@H]2CBr. The van der Waals surface area contributed by atoms with Gasteiger partial charge >= 0.3 is 0 Å². The first-order chi connectivity index (χ1) is 4.83. The van der Waals surface area contributed by atoms with E-state index in [4.69, 9.17) is 0 Å². The zero-order valence-corrected chi connectivity index (χ0v) is 7.55. The Balaban J connectivity index is 2.11. The van der Waals surface area contributed by atoms with Gasteiger partial charge < -0.3 is 5.11 Å². The summed E-state index contributed by atoms with van der Waals surface area (Å²) in [6.07, 6.45) is 3.72. The highest BCUT2D eigenvalue weighted by atomic mass is 79.9. The summed E-state index contributed by atoms with van der Waals surface area (Å²) in [7, 11) is 0. The van der Waals surface area contributed by atoms with Crippen LogP contribution in [0.1, 0.15) is 19.3 Å². The van der Waals surface area contributed by atoms with Gasteiger partial charge in [-0.1, -0.05) is 15.9 Å². The molecule has 2 aliphatic rings. The smallest absolute Gasteiger partial charge is 0.0574 e. The fourth-order valence-electron chi connectivity index (χ4n) is 2.68. The van der Waals surface area contributed by atoms with E-state index in [2.05, 4.69) is 15.9 Å². The normalized spacial score (nSPS) is 52.2. The van der Waals surface area contributed by atoms with Crippen LogP contribution >= 0.6 is 15.9 Å². The molecule has 0 aromatic rings. The van der Waals surface area contributed by atoms with Gasteiger partial charge in [-0.25, -0.2) is 0 Å². The summed E-state index contributed by atoms with van der Waals surface area (Å²) < 4.78 is 0. The molecule has 1 N–H and O–H groups in total. The summed E-state index contributed by atoms with van der Waals surface area (Å²) in [5, 5.41) is 10.6. The van der Waals surface area contributed by atoms with Gasteiger partial charge in [0.1, 0.15) is 0 Å². The number of rotatable bonds is 1. The first kappa shape index (κ1) is 7.11. The number of hydrogen-bond donors (Lipinski definition) is 1. The van der Waals surface area contributed by atoms with E-state index in [0.29, 0.717) is 5.92 Å². The molecule has 2 saturated carbocycles. The topological polar surface area (TPSA) is 20.2 Å². The summed E-state index contributed by atoms with van der Waals surface area (Å²) in [4.78, 5) is 0. The summed E-state index contributed by atoms with van der Waals surface area (Å²) in [6.45, 7) is 0. The first-order valence-electron chi connectivity index (χ1n) is 4.07. The fraction of sp³-hybridized carbons (Fsp3) is 1.00. The molecule has 2 rings (SSSR count). The quantitative estimate of drug-likeness (QED) is 0.647. The predicted molar refractivity (Wildman–Crippen MR) is 44.1 cm³/mol. The van der Waals surface area contributed by atoms with Crippen molar-refractivity contribution in [1.29, 1.82) is 0 Å². The number of halogens is 1. The van der Waals surface area contributed by atoms with E-state index in [-0.39, 0.29) is 6.10 Å². The van der Waals surface area contributed by atoms with E-state index in [1.54, 1.807) is 0 Å². The molecule has 2 heteroatoms. The zero-order chi connectivity index (χ0) is 7.14. The maximum absolute atomic E-state index is 9.50. The second-order valence-electron chi connectivity index (χ2n) is 3.62. The van der Waals surface area contributed by atoms with E-state index in [9.17, 15) is 5.11 Å². The minimum Gasteiger partial charge on any atom is -0.393 e. The fourth-order valence-corrected chi connectivity index (χ4v) is 3.69. The van der Waals surface area contributed by atoms with Crippen LogP contribution in [0.25, 0.3) is 0 Å². The van der Waals surface area contributed by atoms with Crippen LogP contribution in [0.3, 0.4) is 0 Å². The zero-order valence-electron chi connectivity index (χ0n) is 5.96. The van der Waals surface area contributed by atoms with E-state index >= 15 is 0 Å². The van der Waals surface area contributed by atoms with Crippen molar-refractivity contribution in [3.63, 3.8) is 0 Å². The monoisotopic (exact) mass is 204 g/mol. The average molecular weight is 205 g/mol. The van der Waals surface area contributed by atoms with Crippen molar-refractivity contribution in [2.24, 2.45) is 17.8 Å². The molecule has 10 heavy (non-hydrogen) atoms. The standard InChI is InChI=1S/C8H13BrO/c9-4-7-5-1-2-6(7)8(10)3-5/h5-8,10H,1-4H2/t5-,6-,7+,8-/m0/s1. The van der Waals surface area contributed by atoms with E-state index in [0.717, 1.165) is 23.6 Å². The van der Waals surface area contributed by atoms with Crippen molar-refractivity contribution in [3.05, 3.63) is 0 Å². The molecule has 0 aromatic carbocycles. The second kappa shape index (κ2) is 2.49. The molecule has 0 heterocycles. The number of fused-ring (bicyclic) bond motifs is 2. The Hall–Kier alpha value is 0.440. The van der Waals surface area contributed by atoms with Crippen molar-refractivity contribution in [1.82, 2.24) is 0 Å². The van der Waals surface area contributed by atoms with Gasteiger partial charge in [0.05, 0.1) is 6.10 Å². The van der Waals surface area contributed by atoms with Crippen LogP contribution < -0.4 is 0 Å². The molecule has 4 atom stereocenters. The number of aliphatic hydroxyl groups excluding tert-OH is 1. The van der Waals surface area contributed by atoms with Crippen LogP contribution in [0, 0.1) is 17.8 Å². The Morgan fingerprint density at radius 2 is 2.20 bits per heavy atom. The Bertz CT molecular complexity index is 137. The molecule has 0 radical (unpaired) electrons. The molecule has 1 nitrogen and oxygen atoms in total. The Labute approximate surface area is 69.9 Å². The largest absolute Gasteiger partial charge is 0.393 e. The molecule has 0 amide bonds. The van der Waals surface area contributed by atoms with Gasteiger partial charge in [-0.05, 0) is 37.0 Å². The number of alkyl halides is 1. The van der Waals surface area contributed by atoms with Crippen LogP contribution in [-0.4, -0.2) is 16.5 Å². The third kappa shape index (κ3) is 0.850. The lowest BCUT2D eigenvalue weighted by Crippen LogP contribution is -2.17. The predicted octanol–water partition coefficient (Wildman–Crippen LogP) is 1.79. The van der Waals surface area contributed by atoms with Crippen LogP contribution in [0.15, 0.2) is 0 Å². The Kier molecular flexibility index (Phi) is 1.77. The molecule has 0 saturated heterocycles. The summed E-state index contributed by atoms with van der Waals surface area (Å²) >= 11 is 3.51. The van der Waals surface area contributed by atoms with Crippen molar-refractivity contribution >= 4 is 15.9 Å². The average Bonchev–Trinajstić information content (AvgIpc) is 2.42. The lowest BCUT2D eigenvalue weighted by molar-refractivity contribution is 0.109. The first-order valence-corrected chi connectivity index (χ1v) is 5.19. The van der Waals surface area contributed by atoms with Crippen LogP contribution in [0.5, 0.6) is 0 Å². The van der Waals surface area contributed by atoms with Gasteiger partial charge in [0.15, 0.2) is 0 Å². The molecule has 0 spiro atoms. The van der Waals surface area contributed by atoms with Crippen molar-refractivity contribution in [2.45, 2.75) is 25.4 Å². The molecule has 58 valence electrons.